The third-order valence-electron chi connectivity index (χ3n) is 5.10. The molecule has 6 nitrogen and oxygen atoms in total. The Balaban J connectivity index is 1.49. The fraction of sp³-hybridized carbons (Fsp3) is 0.286. The second kappa shape index (κ2) is 6.87. The van der Waals surface area contributed by atoms with Gasteiger partial charge in [-0.1, -0.05) is 29.8 Å². The maximum absolute atomic E-state index is 13.0. The van der Waals surface area contributed by atoms with Crippen LogP contribution < -0.4 is 0 Å². The van der Waals surface area contributed by atoms with Crippen molar-refractivity contribution in [2.24, 2.45) is 0 Å². The largest absolute Gasteiger partial charge is 0.335 e. The zero-order valence-electron chi connectivity index (χ0n) is 15.5. The lowest BCUT2D eigenvalue weighted by Gasteiger charge is -2.39. The van der Waals surface area contributed by atoms with Gasteiger partial charge in [0.25, 0.3) is 5.91 Å². The Morgan fingerprint density at radius 3 is 2.89 bits per heavy atom. The number of carbonyl (C=O) groups is 2. The van der Waals surface area contributed by atoms with E-state index in [1.54, 1.807) is 36.5 Å². The Bertz CT molecular complexity index is 1010. The van der Waals surface area contributed by atoms with Crippen LogP contribution in [-0.2, 0) is 11.3 Å². The molecule has 1 fully saturated rings. The molecule has 1 atom stereocenters. The van der Waals surface area contributed by atoms with Gasteiger partial charge >= 0.3 is 0 Å². The Labute approximate surface area is 158 Å². The summed E-state index contributed by atoms with van der Waals surface area (Å²) in [6.45, 7) is 5.49. The number of hydrogen-bond donors (Lipinski definition) is 0. The summed E-state index contributed by atoms with van der Waals surface area (Å²) in [6, 6.07) is 11.3. The van der Waals surface area contributed by atoms with Crippen molar-refractivity contribution >= 4 is 17.5 Å². The average Bonchev–Trinajstić information content (AvgIpc) is 3.13. The Hall–Kier alpha value is -3.15. The quantitative estimate of drug-likeness (QED) is 0.719. The summed E-state index contributed by atoms with van der Waals surface area (Å²) < 4.78 is 1.81. The minimum absolute atomic E-state index is 0.0141. The molecule has 0 saturated carbocycles. The highest BCUT2D eigenvalue weighted by atomic mass is 16.2. The van der Waals surface area contributed by atoms with Crippen LogP contribution in [0.25, 0.3) is 5.65 Å². The van der Waals surface area contributed by atoms with Gasteiger partial charge in [-0.25, -0.2) is 4.98 Å². The standard InChI is InChI=1S/C21H22N4O2/c1-15-4-3-5-17(12-15)13-24-10-11-25(16(2)20(24)26)21(27)18-6-7-19-22-8-9-23(19)14-18/h3-9,12,14,16H,10-11,13H2,1-2H3/t16-/m1/s1. The van der Waals surface area contributed by atoms with E-state index in [4.69, 9.17) is 0 Å². The monoisotopic (exact) mass is 362 g/mol. The molecule has 4 rings (SSSR count). The molecule has 0 unspecified atom stereocenters. The van der Waals surface area contributed by atoms with E-state index in [9.17, 15) is 9.59 Å². The van der Waals surface area contributed by atoms with Gasteiger partial charge < -0.3 is 14.2 Å². The van der Waals surface area contributed by atoms with E-state index in [-0.39, 0.29) is 11.8 Å². The van der Waals surface area contributed by atoms with Crippen molar-refractivity contribution in [2.75, 3.05) is 13.1 Å². The van der Waals surface area contributed by atoms with E-state index in [0.717, 1.165) is 11.2 Å². The van der Waals surface area contributed by atoms with Crippen molar-refractivity contribution in [3.05, 3.63) is 71.7 Å². The second-order valence-corrected chi connectivity index (χ2v) is 7.03. The number of aromatic nitrogens is 2. The summed E-state index contributed by atoms with van der Waals surface area (Å²) in [4.78, 5) is 33.5. The number of fused-ring (bicyclic) bond motifs is 1. The van der Waals surface area contributed by atoms with Gasteiger partial charge in [-0.05, 0) is 31.5 Å². The van der Waals surface area contributed by atoms with Crippen LogP contribution in [0.15, 0.2) is 55.0 Å². The van der Waals surface area contributed by atoms with E-state index >= 15 is 0 Å². The molecule has 0 aliphatic carbocycles. The van der Waals surface area contributed by atoms with Gasteiger partial charge in [0.15, 0.2) is 0 Å². The van der Waals surface area contributed by atoms with Crippen LogP contribution in [0.1, 0.15) is 28.4 Å². The summed E-state index contributed by atoms with van der Waals surface area (Å²) in [7, 11) is 0. The molecule has 3 aromatic rings. The smallest absolute Gasteiger partial charge is 0.256 e. The molecule has 2 aromatic heterocycles. The zero-order chi connectivity index (χ0) is 19.0. The summed E-state index contributed by atoms with van der Waals surface area (Å²) in [5.41, 5.74) is 3.64. The number of benzene rings is 1. The minimum atomic E-state index is -0.477. The molecular weight excluding hydrogens is 340 g/mol. The lowest BCUT2D eigenvalue weighted by atomic mass is 10.1. The number of nitrogens with zero attached hydrogens (tertiary/aromatic N) is 4. The molecule has 1 aromatic carbocycles. The average molecular weight is 362 g/mol. The van der Waals surface area contributed by atoms with Crippen LogP contribution in [-0.4, -0.2) is 50.1 Å². The normalized spacial score (nSPS) is 17.6. The van der Waals surface area contributed by atoms with Crippen molar-refractivity contribution in [2.45, 2.75) is 26.4 Å². The molecule has 0 radical (unpaired) electrons. The van der Waals surface area contributed by atoms with E-state index < -0.39 is 6.04 Å². The maximum Gasteiger partial charge on any atom is 0.256 e. The third kappa shape index (κ3) is 3.30. The molecule has 6 heteroatoms. The Morgan fingerprint density at radius 1 is 1.22 bits per heavy atom. The van der Waals surface area contributed by atoms with Crippen LogP contribution in [0.2, 0.25) is 0 Å². The SMILES string of the molecule is Cc1cccc(CN2CCN(C(=O)c3ccc4nccn4c3)[C@H](C)C2=O)c1. The molecule has 1 aliphatic heterocycles. The van der Waals surface area contributed by atoms with Crippen molar-refractivity contribution in [3.8, 4) is 0 Å². The predicted molar refractivity (Wildman–Crippen MR) is 102 cm³/mol. The van der Waals surface area contributed by atoms with Crippen molar-refractivity contribution in [3.63, 3.8) is 0 Å². The van der Waals surface area contributed by atoms with Gasteiger partial charge in [-0.2, -0.15) is 0 Å². The predicted octanol–water partition coefficient (Wildman–Crippen LogP) is 2.52. The number of aryl methyl sites for hydroxylation is 1. The van der Waals surface area contributed by atoms with Gasteiger partial charge in [0.1, 0.15) is 11.7 Å². The van der Waals surface area contributed by atoms with E-state index in [1.807, 2.05) is 40.5 Å². The molecule has 138 valence electrons. The first-order valence-electron chi connectivity index (χ1n) is 9.11. The van der Waals surface area contributed by atoms with Crippen LogP contribution in [0.4, 0.5) is 0 Å². The highest BCUT2D eigenvalue weighted by Crippen LogP contribution is 2.18. The molecule has 0 bridgehead atoms. The number of hydrogen-bond acceptors (Lipinski definition) is 3. The lowest BCUT2D eigenvalue weighted by molar-refractivity contribution is -0.140. The van der Waals surface area contributed by atoms with Crippen molar-refractivity contribution in [1.82, 2.24) is 19.2 Å². The van der Waals surface area contributed by atoms with Crippen molar-refractivity contribution in [1.29, 1.82) is 0 Å². The van der Waals surface area contributed by atoms with E-state index in [0.29, 0.717) is 25.2 Å². The first-order chi connectivity index (χ1) is 13.0. The first kappa shape index (κ1) is 17.3. The highest BCUT2D eigenvalue weighted by Gasteiger charge is 2.34. The molecular formula is C21H22N4O2. The lowest BCUT2D eigenvalue weighted by Crippen LogP contribution is -2.57. The summed E-state index contributed by atoms with van der Waals surface area (Å²) in [5, 5.41) is 0. The fourth-order valence-electron chi connectivity index (χ4n) is 3.61. The molecule has 1 aliphatic rings. The van der Waals surface area contributed by atoms with E-state index in [2.05, 4.69) is 11.1 Å². The minimum Gasteiger partial charge on any atom is -0.335 e. The summed E-state index contributed by atoms with van der Waals surface area (Å²) in [5.74, 6) is -0.138. The first-order valence-corrected chi connectivity index (χ1v) is 9.11. The number of pyridine rings is 1. The Morgan fingerprint density at radius 2 is 2.07 bits per heavy atom. The maximum atomic E-state index is 13.0. The van der Waals surface area contributed by atoms with Crippen LogP contribution in [0, 0.1) is 6.92 Å². The molecule has 3 heterocycles. The molecule has 0 spiro atoms. The third-order valence-corrected chi connectivity index (χ3v) is 5.10. The van der Waals surface area contributed by atoms with Gasteiger partial charge in [0.2, 0.25) is 5.91 Å². The zero-order valence-corrected chi connectivity index (χ0v) is 15.5. The van der Waals surface area contributed by atoms with Gasteiger partial charge in [-0.15, -0.1) is 0 Å². The summed E-state index contributed by atoms with van der Waals surface area (Å²) >= 11 is 0. The Kier molecular flexibility index (Phi) is 4.39. The number of amides is 2. The van der Waals surface area contributed by atoms with Gasteiger partial charge in [0.05, 0.1) is 5.56 Å². The number of imidazole rings is 1. The van der Waals surface area contributed by atoms with Crippen LogP contribution in [0.5, 0.6) is 0 Å². The number of carbonyl (C=O) groups excluding carboxylic acids is 2. The van der Waals surface area contributed by atoms with E-state index in [1.165, 1.54) is 5.56 Å². The van der Waals surface area contributed by atoms with Gasteiger partial charge in [0, 0.05) is 38.2 Å². The topological polar surface area (TPSA) is 57.9 Å². The van der Waals surface area contributed by atoms with Gasteiger partial charge in [-0.3, -0.25) is 9.59 Å². The molecule has 1 saturated heterocycles. The van der Waals surface area contributed by atoms with Crippen LogP contribution >= 0.6 is 0 Å². The highest BCUT2D eigenvalue weighted by molar-refractivity contribution is 5.98. The number of rotatable bonds is 3. The van der Waals surface area contributed by atoms with Crippen molar-refractivity contribution < 1.29 is 9.59 Å². The fourth-order valence-corrected chi connectivity index (χ4v) is 3.61. The molecule has 27 heavy (non-hydrogen) atoms. The second-order valence-electron chi connectivity index (χ2n) is 7.03. The molecule has 0 N–H and O–H groups in total. The van der Waals surface area contributed by atoms with Crippen LogP contribution in [0.3, 0.4) is 0 Å². The summed E-state index contributed by atoms with van der Waals surface area (Å²) in [6.07, 6.45) is 5.27. The number of piperazine rings is 1. The molecule has 2 amide bonds.